The number of nitrogens with zero attached hydrogens (tertiary/aromatic N) is 2. The molecule has 0 aromatic carbocycles. The van der Waals surface area contributed by atoms with E-state index in [2.05, 4.69) is 40.6 Å². The number of aryl methyl sites for hydroxylation is 1. The molecule has 0 bridgehead atoms. The van der Waals surface area contributed by atoms with Crippen molar-refractivity contribution in [1.29, 1.82) is 0 Å². The van der Waals surface area contributed by atoms with Crippen molar-refractivity contribution in [2.24, 2.45) is 11.8 Å². The van der Waals surface area contributed by atoms with Crippen LogP contribution in [0.3, 0.4) is 0 Å². The standard InChI is InChI=1S/C15H23N5S/c1-9-8-12-13(18-15(20-16)19-14(12)21-9)17-10(2)11-6-4-3-5-7-11/h8,10-11H,3-7,16H2,1-2H3,(H2,17,18,19,20). The van der Waals surface area contributed by atoms with Crippen LogP contribution in [-0.2, 0) is 0 Å². The minimum atomic E-state index is 0.425. The van der Waals surface area contributed by atoms with Gasteiger partial charge in [-0.2, -0.15) is 4.98 Å². The van der Waals surface area contributed by atoms with Crippen LogP contribution in [0, 0.1) is 12.8 Å². The number of nitrogen functional groups attached to an aromatic ring is 1. The van der Waals surface area contributed by atoms with Crippen molar-refractivity contribution in [3.8, 4) is 0 Å². The van der Waals surface area contributed by atoms with E-state index in [0.717, 1.165) is 22.0 Å². The molecule has 0 spiro atoms. The third kappa shape index (κ3) is 3.11. The van der Waals surface area contributed by atoms with Crippen LogP contribution >= 0.6 is 11.3 Å². The van der Waals surface area contributed by atoms with Crippen molar-refractivity contribution in [2.45, 2.75) is 52.0 Å². The van der Waals surface area contributed by atoms with Crippen LogP contribution in [0.5, 0.6) is 0 Å². The van der Waals surface area contributed by atoms with Gasteiger partial charge in [0.2, 0.25) is 5.95 Å². The van der Waals surface area contributed by atoms with E-state index >= 15 is 0 Å². The molecule has 2 aromatic heterocycles. The molecule has 1 fully saturated rings. The maximum absolute atomic E-state index is 5.49. The maximum Gasteiger partial charge on any atom is 0.240 e. The first kappa shape index (κ1) is 14.5. The Balaban J connectivity index is 1.87. The summed E-state index contributed by atoms with van der Waals surface area (Å²) < 4.78 is 0. The molecule has 1 aliphatic rings. The number of nitrogens with two attached hydrogens (primary N) is 1. The normalized spacial score (nSPS) is 17.9. The lowest BCUT2D eigenvalue weighted by atomic mass is 9.84. The van der Waals surface area contributed by atoms with Crippen molar-refractivity contribution in [3.63, 3.8) is 0 Å². The van der Waals surface area contributed by atoms with Gasteiger partial charge in [-0.25, -0.2) is 10.8 Å². The molecule has 21 heavy (non-hydrogen) atoms. The number of hydrazine groups is 1. The van der Waals surface area contributed by atoms with Gasteiger partial charge < -0.3 is 5.32 Å². The van der Waals surface area contributed by atoms with E-state index in [4.69, 9.17) is 5.84 Å². The van der Waals surface area contributed by atoms with Gasteiger partial charge in [-0.05, 0) is 38.7 Å². The maximum atomic E-state index is 5.49. The van der Waals surface area contributed by atoms with Gasteiger partial charge in [0.25, 0.3) is 0 Å². The second-order valence-corrected chi connectivity index (χ2v) is 7.18. The van der Waals surface area contributed by atoms with Crippen LogP contribution in [0.2, 0.25) is 0 Å². The molecule has 0 amide bonds. The summed E-state index contributed by atoms with van der Waals surface area (Å²) in [5.74, 6) is 7.60. The Bertz CT molecular complexity index is 618. The summed E-state index contributed by atoms with van der Waals surface area (Å²) in [6, 6.07) is 2.57. The highest BCUT2D eigenvalue weighted by Gasteiger charge is 2.21. The molecular formula is C15H23N5S. The highest BCUT2D eigenvalue weighted by atomic mass is 32.1. The van der Waals surface area contributed by atoms with Crippen LogP contribution in [0.25, 0.3) is 10.2 Å². The highest BCUT2D eigenvalue weighted by molar-refractivity contribution is 7.18. The predicted octanol–water partition coefficient (Wildman–Crippen LogP) is 3.67. The fraction of sp³-hybridized carbons (Fsp3) is 0.600. The molecule has 2 heterocycles. The minimum absolute atomic E-state index is 0.425. The average molecular weight is 305 g/mol. The molecule has 0 radical (unpaired) electrons. The fourth-order valence-electron chi connectivity index (χ4n) is 3.18. The van der Waals surface area contributed by atoms with Crippen molar-refractivity contribution >= 4 is 33.3 Å². The lowest BCUT2D eigenvalue weighted by Crippen LogP contribution is -2.28. The van der Waals surface area contributed by atoms with Gasteiger partial charge in [-0.15, -0.1) is 11.3 Å². The molecule has 0 saturated heterocycles. The first-order chi connectivity index (χ1) is 10.2. The molecule has 6 heteroatoms. The van der Waals surface area contributed by atoms with Gasteiger partial charge in [0.15, 0.2) is 0 Å². The molecule has 114 valence electrons. The predicted molar refractivity (Wildman–Crippen MR) is 89.6 cm³/mol. The van der Waals surface area contributed by atoms with Gasteiger partial charge in [0, 0.05) is 10.9 Å². The molecule has 0 aliphatic heterocycles. The van der Waals surface area contributed by atoms with Gasteiger partial charge in [0.05, 0.1) is 5.39 Å². The molecule has 5 nitrogen and oxygen atoms in total. The lowest BCUT2D eigenvalue weighted by molar-refractivity contribution is 0.328. The number of hydrogen-bond acceptors (Lipinski definition) is 6. The molecule has 1 saturated carbocycles. The third-order valence-corrected chi connectivity index (χ3v) is 5.31. The Labute approximate surface area is 129 Å². The van der Waals surface area contributed by atoms with Crippen LogP contribution < -0.4 is 16.6 Å². The minimum Gasteiger partial charge on any atom is -0.367 e. The third-order valence-electron chi connectivity index (χ3n) is 4.37. The van der Waals surface area contributed by atoms with Crippen molar-refractivity contribution in [2.75, 3.05) is 10.7 Å². The lowest BCUT2D eigenvalue weighted by Gasteiger charge is -2.28. The first-order valence-corrected chi connectivity index (χ1v) is 8.50. The molecule has 1 aliphatic carbocycles. The first-order valence-electron chi connectivity index (χ1n) is 7.68. The molecule has 4 N–H and O–H groups in total. The van der Waals surface area contributed by atoms with E-state index in [0.29, 0.717) is 12.0 Å². The van der Waals surface area contributed by atoms with Crippen molar-refractivity contribution < 1.29 is 0 Å². The monoisotopic (exact) mass is 305 g/mol. The summed E-state index contributed by atoms with van der Waals surface area (Å²) in [5, 5.41) is 4.70. The summed E-state index contributed by atoms with van der Waals surface area (Å²) in [6.07, 6.45) is 6.71. The van der Waals surface area contributed by atoms with E-state index in [1.807, 2.05) is 0 Å². The van der Waals surface area contributed by atoms with Gasteiger partial charge in [0.1, 0.15) is 10.6 Å². The molecule has 1 unspecified atom stereocenters. The van der Waals surface area contributed by atoms with Crippen LogP contribution in [0.4, 0.5) is 11.8 Å². The Morgan fingerprint density at radius 1 is 1.29 bits per heavy atom. The van der Waals surface area contributed by atoms with Gasteiger partial charge in [-0.3, -0.25) is 5.43 Å². The van der Waals surface area contributed by atoms with E-state index in [9.17, 15) is 0 Å². The molecule has 3 rings (SSSR count). The summed E-state index contributed by atoms with van der Waals surface area (Å²) in [5.41, 5.74) is 2.57. The summed E-state index contributed by atoms with van der Waals surface area (Å²) in [6.45, 7) is 4.36. The number of nitrogens with one attached hydrogen (secondary N) is 2. The molecular weight excluding hydrogens is 282 g/mol. The quantitative estimate of drug-likeness (QED) is 0.593. The number of fused-ring (bicyclic) bond motifs is 1. The number of hydrogen-bond donors (Lipinski definition) is 3. The fourth-order valence-corrected chi connectivity index (χ4v) is 4.06. The smallest absolute Gasteiger partial charge is 0.240 e. The summed E-state index contributed by atoms with van der Waals surface area (Å²) in [7, 11) is 0. The topological polar surface area (TPSA) is 75.9 Å². The van der Waals surface area contributed by atoms with Crippen LogP contribution in [0.1, 0.15) is 43.9 Å². The Hall–Kier alpha value is -1.40. The van der Waals surface area contributed by atoms with Gasteiger partial charge >= 0.3 is 0 Å². The molecule has 1 atom stereocenters. The van der Waals surface area contributed by atoms with E-state index in [1.54, 1.807) is 11.3 Å². The number of thiophene rings is 1. The Morgan fingerprint density at radius 3 is 2.76 bits per heavy atom. The average Bonchev–Trinajstić information content (AvgIpc) is 2.88. The van der Waals surface area contributed by atoms with Crippen molar-refractivity contribution in [1.82, 2.24) is 9.97 Å². The van der Waals surface area contributed by atoms with Crippen LogP contribution in [0.15, 0.2) is 6.07 Å². The summed E-state index contributed by atoms with van der Waals surface area (Å²) in [4.78, 5) is 11.2. The number of aromatic nitrogens is 2. The Morgan fingerprint density at radius 2 is 2.05 bits per heavy atom. The number of anilines is 2. The zero-order valence-electron chi connectivity index (χ0n) is 12.6. The Kier molecular flexibility index (Phi) is 4.26. The second-order valence-electron chi connectivity index (χ2n) is 5.95. The number of rotatable bonds is 4. The zero-order valence-corrected chi connectivity index (χ0v) is 13.5. The largest absolute Gasteiger partial charge is 0.367 e. The van der Waals surface area contributed by atoms with E-state index in [-0.39, 0.29) is 0 Å². The zero-order chi connectivity index (χ0) is 14.8. The van der Waals surface area contributed by atoms with Crippen molar-refractivity contribution in [3.05, 3.63) is 10.9 Å². The van der Waals surface area contributed by atoms with Crippen LogP contribution in [-0.4, -0.2) is 16.0 Å². The van der Waals surface area contributed by atoms with E-state index < -0.39 is 0 Å². The highest BCUT2D eigenvalue weighted by Crippen LogP contribution is 2.32. The molecule has 2 aromatic rings. The second kappa shape index (κ2) is 6.15. The van der Waals surface area contributed by atoms with Gasteiger partial charge in [-0.1, -0.05) is 19.3 Å². The SMILES string of the molecule is Cc1cc2c(NC(C)C3CCCCC3)nc(NN)nc2s1. The summed E-state index contributed by atoms with van der Waals surface area (Å²) >= 11 is 1.67. The van der Waals surface area contributed by atoms with E-state index in [1.165, 1.54) is 37.0 Å².